The monoisotopic (exact) mass is 294 g/mol. The van der Waals surface area contributed by atoms with Gasteiger partial charge in [0.1, 0.15) is 0 Å². The molecule has 0 saturated carbocycles. The Labute approximate surface area is 123 Å². The van der Waals surface area contributed by atoms with Crippen LogP contribution in [0.1, 0.15) is 0 Å². The average Bonchev–Trinajstić information content (AvgIpc) is 2.40. The van der Waals surface area contributed by atoms with Crippen LogP contribution in [0.4, 0.5) is 10.5 Å². The van der Waals surface area contributed by atoms with Crippen molar-refractivity contribution in [3.05, 3.63) is 29.3 Å². The summed E-state index contributed by atoms with van der Waals surface area (Å²) in [7, 11) is 0. The third-order valence-corrected chi connectivity index (χ3v) is 4.23. The topological polar surface area (TPSA) is 47.6 Å². The molecule has 6 heteroatoms. The zero-order valence-electron chi connectivity index (χ0n) is 11.3. The minimum atomic E-state index is -0.0290. The third kappa shape index (κ3) is 3.06. The maximum absolute atomic E-state index is 12.2. The van der Waals surface area contributed by atoms with Gasteiger partial charge in [-0.05, 0) is 24.3 Å². The SMILES string of the molecule is O=C(Nc1ccc(Cl)cc1)N1CCN(C2CNC2)CC1. The predicted molar refractivity (Wildman–Crippen MR) is 80.3 cm³/mol. The van der Waals surface area contributed by atoms with E-state index in [2.05, 4.69) is 15.5 Å². The molecule has 108 valence electrons. The van der Waals surface area contributed by atoms with Crippen LogP contribution in [0, 0.1) is 0 Å². The summed E-state index contributed by atoms with van der Waals surface area (Å²) in [6, 6.07) is 7.82. The highest BCUT2D eigenvalue weighted by Crippen LogP contribution is 2.15. The number of carbonyl (C=O) groups is 1. The van der Waals surface area contributed by atoms with Crippen molar-refractivity contribution < 1.29 is 4.79 Å². The number of carbonyl (C=O) groups excluding carboxylic acids is 1. The van der Waals surface area contributed by atoms with Crippen molar-refractivity contribution in [1.29, 1.82) is 0 Å². The number of hydrogen-bond donors (Lipinski definition) is 2. The highest BCUT2D eigenvalue weighted by molar-refractivity contribution is 6.30. The molecule has 5 nitrogen and oxygen atoms in total. The van der Waals surface area contributed by atoms with Gasteiger partial charge in [0.2, 0.25) is 0 Å². The molecule has 1 aromatic rings. The first-order valence-electron chi connectivity index (χ1n) is 6.98. The minimum absolute atomic E-state index is 0.0290. The molecule has 2 aliphatic heterocycles. The van der Waals surface area contributed by atoms with Crippen LogP contribution in [0.25, 0.3) is 0 Å². The van der Waals surface area contributed by atoms with Gasteiger partial charge in [-0.1, -0.05) is 11.6 Å². The zero-order valence-corrected chi connectivity index (χ0v) is 12.1. The number of benzene rings is 1. The van der Waals surface area contributed by atoms with Gasteiger partial charge in [-0.25, -0.2) is 4.79 Å². The highest BCUT2D eigenvalue weighted by atomic mass is 35.5. The van der Waals surface area contributed by atoms with Crippen LogP contribution in [-0.4, -0.2) is 61.1 Å². The third-order valence-electron chi connectivity index (χ3n) is 3.97. The summed E-state index contributed by atoms with van der Waals surface area (Å²) in [6.07, 6.45) is 0. The van der Waals surface area contributed by atoms with E-state index >= 15 is 0 Å². The van der Waals surface area contributed by atoms with Gasteiger partial charge >= 0.3 is 6.03 Å². The molecule has 2 aliphatic rings. The molecule has 0 bridgehead atoms. The molecule has 2 N–H and O–H groups in total. The molecule has 2 amide bonds. The van der Waals surface area contributed by atoms with E-state index in [1.165, 1.54) is 0 Å². The quantitative estimate of drug-likeness (QED) is 0.868. The van der Waals surface area contributed by atoms with Crippen LogP contribution in [-0.2, 0) is 0 Å². The Morgan fingerprint density at radius 2 is 1.80 bits per heavy atom. The summed E-state index contributed by atoms with van der Waals surface area (Å²) in [4.78, 5) is 16.5. The maximum atomic E-state index is 12.2. The van der Waals surface area contributed by atoms with E-state index in [-0.39, 0.29) is 6.03 Å². The Morgan fingerprint density at radius 3 is 2.35 bits per heavy atom. The van der Waals surface area contributed by atoms with Crippen molar-refractivity contribution in [3.63, 3.8) is 0 Å². The molecule has 1 aromatic carbocycles. The van der Waals surface area contributed by atoms with Crippen LogP contribution in [0.15, 0.2) is 24.3 Å². The lowest BCUT2D eigenvalue weighted by atomic mass is 10.1. The summed E-state index contributed by atoms with van der Waals surface area (Å²) in [6.45, 7) is 5.65. The standard InChI is InChI=1S/C14H19ClN4O/c15-11-1-3-12(4-2-11)17-14(20)19-7-5-18(6-8-19)13-9-16-10-13/h1-4,13,16H,5-10H2,(H,17,20). The molecule has 0 aromatic heterocycles. The van der Waals surface area contributed by atoms with Crippen molar-refractivity contribution >= 4 is 23.3 Å². The lowest BCUT2D eigenvalue weighted by Crippen LogP contribution is -2.62. The fraction of sp³-hybridized carbons (Fsp3) is 0.500. The molecule has 0 unspecified atom stereocenters. The Hall–Kier alpha value is -1.30. The number of urea groups is 1. The number of anilines is 1. The van der Waals surface area contributed by atoms with Gasteiger partial charge in [-0.2, -0.15) is 0 Å². The van der Waals surface area contributed by atoms with Gasteiger partial charge in [0.05, 0.1) is 0 Å². The average molecular weight is 295 g/mol. The van der Waals surface area contributed by atoms with Gasteiger partial charge in [0, 0.05) is 56.0 Å². The first kappa shape index (κ1) is 13.7. The lowest BCUT2D eigenvalue weighted by Gasteiger charge is -2.43. The molecule has 2 heterocycles. The molecule has 20 heavy (non-hydrogen) atoms. The van der Waals surface area contributed by atoms with Crippen LogP contribution < -0.4 is 10.6 Å². The Balaban J connectivity index is 1.49. The van der Waals surface area contributed by atoms with Gasteiger partial charge < -0.3 is 15.5 Å². The van der Waals surface area contributed by atoms with E-state index in [0.29, 0.717) is 11.1 Å². The number of nitrogens with one attached hydrogen (secondary N) is 2. The van der Waals surface area contributed by atoms with Gasteiger partial charge in [-0.3, -0.25) is 4.90 Å². The number of hydrogen-bond acceptors (Lipinski definition) is 3. The van der Waals surface area contributed by atoms with Crippen LogP contribution in [0.3, 0.4) is 0 Å². The van der Waals surface area contributed by atoms with Gasteiger partial charge in [0.25, 0.3) is 0 Å². The smallest absolute Gasteiger partial charge is 0.321 e. The molecule has 0 aliphatic carbocycles. The van der Waals surface area contributed by atoms with Gasteiger partial charge in [0.15, 0.2) is 0 Å². The van der Waals surface area contributed by atoms with E-state index in [1.54, 1.807) is 12.1 Å². The van der Waals surface area contributed by atoms with Crippen LogP contribution in [0.5, 0.6) is 0 Å². The van der Waals surface area contributed by atoms with Crippen molar-refractivity contribution in [2.75, 3.05) is 44.6 Å². The maximum Gasteiger partial charge on any atom is 0.321 e. The van der Waals surface area contributed by atoms with Crippen molar-refractivity contribution in [2.45, 2.75) is 6.04 Å². The summed E-state index contributed by atoms with van der Waals surface area (Å²) in [5.74, 6) is 0. The molecule has 3 rings (SSSR count). The minimum Gasteiger partial charge on any atom is -0.322 e. The summed E-state index contributed by atoms with van der Waals surface area (Å²) in [5, 5.41) is 6.86. The molecule has 0 atom stereocenters. The molecule has 2 saturated heterocycles. The fourth-order valence-electron chi connectivity index (χ4n) is 2.56. The van der Waals surface area contributed by atoms with E-state index in [4.69, 9.17) is 11.6 Å². The molecule has 0 spiro atoms. The lowest BCUT2D eigenvalue weighted by molar-refractivity contribution is 0.0878. The van der Waals surface area contributed by atoms with Crippen molar-refractivity contribution in [3.8, 4) is 0 Å². The van der Waals surface area contributed by atoms with E-state index < -0.39 is 0 Å². The van der Waals surface area contributed by atoms with Gasteiger partial charge in [-0.15, -0.1) is 0 Å². The number of rotatable bonds is 2. The number of halogens is 1. The van der Waals surface area contributed by atoms with Crippen LogP contribution >= 0.6 is 11.6 Å². The molecular weight excluding hydrogens is 276 g/mol. The highest BCUT2D eigenvalue weighted by Gasteiger charge is 2.29. The number of piperazine rings is 1. The molecule has 0 radical (unpaired) electrons. The first-order chi connectivity index (χ1) is 9.72. The molecule has 2 fully saturated rings. The van der Waals surface area contributed by atoms with Crippen molar-refractivity contribution in [2.24, 2.45) is 0 Å². The van der Waals surface area contributed by atoms with Crippen LogP contribution in [0.2, 0.25) is 5.02 Å². The normalized spacial score (nSPS) is 20.6. The number of nitrogens with zero attached hydrogens (tertiary/aromatic N) is 2. The van der Waals surface area contributed by atoms with Crippen molar-refractivity contribution in [1.82, 2.24) is 15.1 Å². The molecular formula is C14H19ClN4O. The summed E-state index contributed by atoms with van der Waals surface area (Å²) >= 11 is 5.83. The Morgan fingerprint density at radius 1 is 1.15 bits per heavy atom. The van der Waals surface area contributed by atoms with E-state index in [0.717, 1.165) is 45.0 Å². The second-order valence-corrected chi connectivity index (χ2v) is 5.71. The summed E-state index contributed by atoms with van der Waals surface area (Å²) in [5.41, 5.74) is 0.782. The first-order valence-corrected chi connectivity index (χ1v) is 7.36. The fourth-order valence-corrected chi connectivity index (χ4v) is 2.68. The number of amides is 2. The predicted octanol–water partition coefficient (Wildman–Crippen LogP) is 1.46. The van der Waals surface area contributed by atoms with E-state index in [9.17, 15) is 4.79 Å². The zero-order chi connectivity index (χ0) is 13.9. The summed E-state index contributed by atoms with van der Waals surface area (Å²) < 4.78 is 0. The largest absolute Gasteiger partial charge is 0.322 e. The second-order valence-electron chi connectivity index (χ2n) is 5.27. The second kappa shape index (κ2) is 5.99. The van der Waals surface area contributed by atoms with E-state index in [1.807, 2.05) is 17.0 Å². The Kier molecular flexibility index (Phi) is 4.10. The Bertz CT molecular complexity index is 467.